The number of amides is 2. The Balaban J connectivity index is 1.63. The highest BCUT2D eigenvalue weighted by atomic mass is 16.5. The minimum absolute atomic E-state index is 0.0139. The van der Waals surface area contributed by atoms with Crippen LogP contribution in [-0.2, 0) is 6.42 Å². The molecule has 0 saturated heterocycles. The first-order chi connectivity index (χ1) is 15.1. The number of nitrogens with one attached hydrogen (secondary N) is 1. The summed E-state index contributed by atoms with van der Waals surface area (Å²) in [5.74, 6) is 0.280. The predicted octanol–water partition coefficient (Wildman–Crippen LogP) is 5.04. The number of para-hydroxylation sites is 1. The van der Waals surface area contributed by atoms with Gasteiger partial charge in [-0.15, -0.1) is 0 Å². The fourth-order valence-corrected chi connectivity index (χ4v) is 3.29. The fraction of sp³-hybridized carbons (Fsp3) is 0.231. The normalized spacial score (nSPS) is 10.4. The molecular formula is C26H28N2O3. The third-order valence-corrected chi connectivity index (χ3v) is 5.06. The quantitative estimate of drug-likeness (QED) is 0.531. The van der Waals surface area contributed by atoms with Crippen LogP contribution in [0.15, 0.2) is 78.9 Å². The Morgan fingerprint density at radius 3 is 2.16 bits per heavy atom. The van der Waals surface area contributed by atoms with Gasteiger partial charge in [-0.25, -0.2) is 0 Å². The van der Waals surface area contributed by atoms with Crippen molar-refractivity contribution in [3.05, 3.63) is 95.6 Å². The molecule has 0 fully saturated rings. The van der Waals surface area contributed by atoms with Crippen LogP contribution >= 0.6 is 0 Å². The SMILES string of the molecule is CCN(CC)C(=O)c1ccc(NC(=O)c2ccccc2OCCc2ccccc2)cc1. The Morgan fingerprint density at radius 2 is 1.48 bits per heavy atom. The van der Waals surface area contributed by atoms with E-state index in [1.54, 1.807) is 41.3 Å². The zero-order valence-corrected chi connectivity index (χ0v) is 18.0. The van der Waals surface area contributed by atoms with E-state index >= 15 is 0 Å². The molecule has 5 nitrogen and oxygen atoms in total. The first-order valence-corrected chi connectivity index (χ1v) is 10.6. The van der Waals surface area contributed by atoms with Gasteiger partial charge in [0.25, 0.3) is 11.8 Å². The highest BCUT2D eigenvalue weighted by molar-refractivity contribution is 6.06. The summed E-state index contributed by atoms with van der Waals surface area (Å²) in [6.07, 6.45) is 0.763. The fourth-order valence-electron chi connectivity index (χ4n) is 3.29. The van der Waals surface area contributed by atoms with Crippen LogP contribution in [0.5, 0.6) is 5.75 Å². The van der Waals surface area contributed by atoms with Crippen molar-refractivity contribution in [3.63, 3.8) is 0 Å². The summed E-state index contributed by atoms with van der Waals surface area (Å²) in [6, 6.07) is 24.2. The third kappa shape index (κ3) is 5.95. The van der Waals surface area contributed by atoms with Crippen LogP contribution in [0.2, 0.25) is 0 Å². The summed E-state index contributed by atoms with van der Waals surface area (Å²) >= 11 is 0. The molecule has 160 valence electrons. The van der Waals surface area contributed by atoms with Gasteiger partial charge < -0.3 is 15.0 Å². The van der Waals surface area contributed by atoms with Crippen LogP contribution in [0.4, 0.5) is 5.69 Å². The van der Waals surface area contributed by atoms with Gasteiger partial charge in [0, 0.05) is 30.8 Å². The molecule has 2 amide bonds. The molecule has 0 saturated carbocycles. The zero-order chi connectivity index (χ0) is 22.1. The summed E-state index contributed by atoms with van der Waals surface area (Å²) in [5.41, 5.74) is 2.88. The molecule has 0 unspecified atom stereocenters. The maximum Gasteiger partial charge on any atom is 0.259 e. The van der Waals surface area contributed by atoms with E-state index in [9.17, 15) is 9.59 Å². The Bertz CT molecular complexity index is 997. The molecule has 0 atom stereocenters. The van der Waals surface area contributed by atoms with Crippen LogP contribution in [0.3, 0.4) is 0 Å². The molecule has 3 aromatic rings. The standard InChI is InChI=1S/C26H28N2O3/c1-3-28(4-2)26(30)21-14-16-22(17-15-21)27-25(29)23-12-8-9-13-24(23)31-19-18-20-10-6-5-7-11-20/h5-17H,3-4,18-19H2,1-2H3,(H,27,29). The second-order valence-electron chi connectivity index (χ2n) is 7.09. The largest absolute Gasteiger partial charge is 0.492 e. The van der Waals surface area contributed by atoms with Gasteiger partial charge in [-0.1, -0.05) is 42.5 Å². The predicted molar refractivity (Wildman–Crippen MR) is 124 cm³/mol. The van der Waals surface area contributed by atoms with E-state index in [0.717, 1.165) is 6.42 Å². The van der Waals surface area contributed by atoms with E-state index in [0.29, 0.717) is 42.3 Å². The monoisotopic (exact) mass is 416 g/mol. The summed E-state index contributed by atoms with van der Waals surface area (Å²) < 4.78 is 5.89. The second-order valence-corrected chi connectivity index (χ2v) is 7.09. The molecule has 0 aliphatic rings. The number of ether oxygens (including phenoxy) is 1. The molecule has 5 heteroatoms. The number of nitrogens with zero attached hydrogens (tertiary/aromatic N) is 1. The van der Waals surface area contributed by atoms with E-state index in [2.05, 4.69) is 17.4 Å². The summed E-state index contributed by atoms with van der Waals surface area (Å²) in [6.45, 7) is 5.71. The highest BCUT2D eigenvalue weighted by Gasteiger charge is 2.14. The second kappa shape index (κ2) is 11.0. The molecule has 0 radical (unpaired) electrons. The minimum atomic E-state index is -0.252. The highest BCUT2D eigenvalue weighted by Crippen LogP contribution is 2.21. The van der Waals surface area contributed by atoms with Crippen LogP contribution in [0.25, 0.3) is 0 Å². The molecule has 1 N–H and O–H groups in total. The maximum absolute atomic E-state index is 12.8. The molecule has 0 spiro atoms. The number of anilines is 1. The Kier molecular flexibility index (Phi) is 7.82. The van der Waals surface area contributed by atoms with Crippen LogP contribution < -0.4 is 10.1 Å². The van der Waals surface area contributed by atoms with Crippen molar-refractivity contribution in [1.82, 2.24) is 4.90 Å². The molecule has 0 aliphatic carbocycles. The lowest BCUT2D eigenvalue weighted by Crippen LogP contribution is -2.30. The van der Waals surface area contributed by atoms with E-state index < -0.39 is 0 Å². The van der Waals surface area contributed by atoms with Crippen molar-refractivity contribution < 1.29 is 14.3 Å². The van der Waals surface area contributed by atoms with Crippen molar-refractivity contribution in [2.24, 2.45) is 0 Å². The van der Waals surface area contributed by atoms with Crippen LogP contribution in [-0.4, -0.2) is 36.4 Å². The van der Waals surface area contributed by atoms with E-state index in [1.807, 2.05) is 44.2 Å². The van der Waals surface area contributed by atoms with Crippen molar-refractivity contribution in [2.45, 2.75) is 20.3 Å². The van der Waals surface area contributed by atoms with Crippen LogP contribution in [0, 0.1) is 0 Å². The first kappa shape index (κ1) is 22.1. The lowest BCUT2D eigenvalue weighted by Gasteiger charge is -2.18. The summed E-state index contributed by atoms with van der Waals surface area (Å²) in [4.78, 5) is 27.0. The smallest absolute Gasteiger partial charge is 0.259 e. The molecule has 0 heterocycles. The summed E-state index contributed by atoms with van der Waals surface area (Å²) in [7, 11) is 0. The van der Waals surface area contributed by atoms with Gasteiger partial charge in [0.15, 0.2) is 0 Å². The van der Waals surface area contributed by atoms with Crippen molar-refractivity contribution >= 4 is 17.5 Å². The van der Waals surface area contributed by atoms with Gasteiger partial charge in [0.1, 0.15) is 5.75 Å². The van der Waals surface area contributed by atoms with E-state index in [1.165, 1.54) is 5.56 Å². The molecule has 0 aliphatic heterocycles. The number of carbonyl (C=O) groups excluding carboxylic acids is 2. The molecule has 3 rings (SSSR count). The van der Waals surface area contributed by atoms with Crippen molar-refractivity contribution in [3.8, 4) is 5.75 Å². The number of carbonyl (C=O) groups is 2. The van der Waals surface area contributed by atoms with Gasteiger partial charge in [0.2, 0.25) is 0 Å². The summed E-state index contributed by atoms with van der Waals surface area (Å²) in [5, 5.41) is 2.89. The van der Waals surface area contributed by atoms with Gasteiger partial charge in [0.05, 0.1) is 12.2 Å². The third-order valence-electron chi connectivity index (χ3n) is 5.06. The Hall–Kier alpha value is -3.60. The molecule has 0 aromatic heterocycles. The molecule has 31 heavy (non-hydrogen) atoms. The lowest BCUT2D eigenvalue weighted by atomic mass is 10.1. The lowest BCUT2D eigenvalue weighted by molar-refractivity contribution is 0.0773. The van der Waals surface area contributed by atoms with Crippen molar-refractivity contribution in [2.75, 3.05) is 25.0 Å². The van der Waals surface area contributed by atoms with Crippen LogP contribution in [0.1, 0.15) is 40.1 Å². The van der Waals surface area contributed by atoms with Crippen molar-refractivity contribution in [1.29, 1.82) is 0 Å². The van der Waals surface area contributed by atoms with Gasteiger partial charge >= 0.3 is 0 Å². The number of hydrogen-bond acceptors (Lipinski definition) is 3. The van der Waals surface area contributed by atoms with Gasteiger partial charge in [-0.2, -0.15) is 0 Å². The molecule has 3 aromatic carbocycles. The topological polar surface area (TPSA) is 58.6 Å². The average molecular weight is 417 g/mol. The Morgan fingerprint density at radius 1 is 0.839 bits per heavy atom. The average Bonchev–Trinajstić information content (AvgIpc) is 2.81. The zero-order valence-electron chi connectivity index (χ0n) is 18.0. The maximum atomic E-state index is 12.8. The number of hydrogen-bond donors (Lipinski definition) is 1. The van der Waals surface area contributed by atoms with E-state index in [-0.39, 0.29) is 11.8 Å². The van der Waals surface area contributed by atoms with E-state index in [4.69, 9.17) is 4.74 Å². The molecular weight excluding hydrogens is 388 g/mol. The minimum Gasteiger partial charge on any atom is -0.492 e. The Labute approximate surface area is 183 Å². The van der Waals surface area contributed by atoms with Gasteiger partial charge in [-0.05, 0) is 55.8 Å². The molecule has 0 bridgehead atoms. The first-order valence-electron chi connectivity index (χ1n) is 10.6. The van der Waals surface area contributed by atoms with Gasteiger partial charge in [-0.3, -0.25) is 9.59 Å². The number of benzene rings is 3. The number of rotatable bonds is 9.